The number of nitrogens with one attached hydrogen (secondary N) is 2. The van der Waals surface area contributed by atoms with Crippen molar-refractivity contribution in [3.63, 3.8) is 0 Å². The Morgan fingerprint density at radius 2 is 1.89 bits per heavy atom. The smallest absolute Gasteiger partial charge is 0.270 e. The molecule has 1 aliphatic heterocycles. The van der Waals surface area contributed by atoms with Gasteiger partial charge < -0.3 is 14.8 Å². The first-order valence-corrected chi connectivity index (χ1v) is 9.14. The van der Waals surface area contributed by atoms with Gasteiger partial charge in [0.2, 0.25) is 0 Å². The number of H-pyrrole nitrogens is 2. The van der Waals surface area contributed by atoms with Crippen LogP contribution in [0.5, 0.6) is 0 Å². The molecule has 1 aliphatic rings. The zero-order valence-electron chi connectivity index (χ0n) is 15.3. The molecular formula is C19H19N7O2. The van der Waals surface area contributed by atoms with E-state index in [0.717, 1.165) is 42.7 Å². The lowest BCUT2D eigenvalue weighted by Crippen LogP contribution is -2.44. The van der Waals surface area contributed by atoms with Crippen LogP contribution in [0.25, 0.3) is 33.5 Å². The van der Waals surface area contributed by atoms with Gasteiger partial charge in [-0.3, -0.25) is 15.2 Å². The van der Waals surface area contributed by atoms with Gasteiger partial charge in [-0.15, -0.1) is 0 Å². The molecule has 5 rings (SSSR count). The molecule has 2 aromatic carbocycles. The Hall–Kier alpha value is -3.46. The summed E-state index contributed by atoms with van der Waals surface area (Å²) in [5, 5.41) is 19.0. The molecule has 1 saturated heterocycles. The summed E-state index contributed by atoms with van der Waals surface area (Å²) >= 11 is 0. The molecule has 0 aliphatic carbocycles. The van der Waals surface area contributed by atoms with Crippen LogP contribution < -0.4 is 4.90 Å². The van der Waals surface area contributed by atoms with Crippen molar-refractivity contribution in [2.45, 2.75) is 0 Å². The second kappa shape index (κ2) is 6.31. The van der Waals surface area contributed by atoms with Crippen molar-refractivity contribution in [2.24, 2.45) is 0 Å². The summed E-state index contributed by atoms with van der Waals surface area (Å²) in [4.78, 5) is 23.4. The van der Waals surface area contributed by atoms with Crippen LogP contribution in [-0.2, 0) is 0 Å². The number of anilines is 1. The third kappa shape index (κ3) is 2.76. The Morgan fingerprint density at radius 1 is 1.07 bits per heavy atom. The molecule has 0 amide bonds. The van der Waals surface area contributed by atoms with E-state index in [2.05, 4.69) is 49.1 Å². The number of nitro groups is 1. The zero-order valence-corrected chi connectivity index (χ0v) is 15.3. The molecular weight excluding hydrogens is 358 g/mol. The van der Waals surface area contributed by atoms with Crippen molar-refractivity contribution in [2.75, 3.05) is 38.1 Å². The number of likely N-dealkylation sites (N-methyl/N-ethyl adjacent to an activating group) is 1. The lowest BCUT2D eigenvalue weighted by atomic mass is 10.2. The minimum absolute atomic E-state index is 0.0311. The third-order valence-corrected chi connectivity index (χ3v) is 5.32. The van der Waals surface area contributed by atoms with Crippen LogP contribution >= 0.6 is 0 Å². The highest BCUT2D eigenvalue weighted by Gasteiger charge is 2.18. The fourth-order valence-corrected chi connectivity index (χ4v) is 3.67. The van der Waals surface area contributed by atoms with Crippen LogP contribution in [0, 0.1) is 10.1 Å². The molecule has 3 heterocycles. The van der Waals surface area contributed by atoms with Crippen LogP contribution in [0.3, 0.4) is 0 Å². The minimum atomic E-state index is -0.406. The Labute approximate surface area is 160 Å². The Morgan fingerprint density at radius 3 is 2.68 bits per heavy atom. The van der Waals surface area contributed by atoms with Crippen LogP contribution in [0.1, 0.15) is 0 Å². The van der Waals surface area contributed by atoms with Crippen LogP contribution in [0.15, 0.2) is 36.4 Å². The van der Waals surface area contributed by atoms with Gasteiger partial charge in [0, 0.05) is 49.4 Å². The van der Waals surface area contributed by atoms with E-state index in [1.807, 2.05) is 6.07 Å². The number of imidazole rings is 1. The first kappa shape index (κ1) is 16.7. The number of hydrogen-bond acceptors (Lipinski definition) is 6. The summed E-state index contributed by atoms with van der Waals surface area (Å²) in [7, 11) is 2.14. The number of fused-ring (bicyclic) bond motifs is 2. The third-order valence-electron chi connectivity index (χ3n) is 5.32. The monoisotopic (exact) mass is 377 g/mol. The Kier molecular flexibility index (Phi) is 3.76. The van der Waals surface area contributed by atoms with E-state index in [4.69, 9.17) is 0 Å². The van der Waals surface area contributed by atoms with Crippen molar-refractivity contribution in [1.29, 1.82) is 0 Å². The lowest BCUT2D eigenvalue weighted by Gasteiger charge is -2.34. The van der Waals surface area contributed by atoms with Gasteiger partial charge in [0.1, 0.15) is 5.69 Å². The van der Waals surface area contributed by atoms with Crippen molar-refractivity contribution in [3.8, 4) is 11.5 Å². The molecule has 0 atom stereocenters. The molecule has 4 aromatic rings. The first-order valence-electron chi connectivity index (χ1n) is 9.14. The van der Waals surface area contributed by atoms with Gasteiger partial charge in [0.05, 0.1) is 21.5 Å². The first-order chi connectivity index (χ1) is 13.6. The molecule has 9 heteroatoms. The number of non-ortho nitro benzene ring substituents is 1. The maximum Gasteiger partial charge on any atom is 0.270 e. The number of hydrogen-bond donors (Lipinski definition) is 2. The van der Waals surface area contributed by atoms with E-state index in [-0.39, 0.29) is 5.69 Å². The topological polar surface area (TPSA) is 107 Å². The molecule has 9 nitrogen and oxygen atoms in total. The summed E-state index contributed by atoms with van der Waals surface area (Å²) in [6, 6.07) is 10.8. The van der Waals surface area contributed by atoms with Gasteiger partial charge in [-0.05, 0) is 31.3 Å². The summed E-state index contributed by atoms with van der Waals surface area (Å²) < 4.78 is 0. The number of rotatable bonds is 3. The number of nitrogens with zero attached hydrogens (tertiary/aromatic N) is 5. The number of benzene rings is 2. The molecule has 28 heavy (non-hydrogen) atoms. The lowest BCUT2D eigenvalue weighted by molar-refractivity contribution is -0.384. The maximum absolute atomic E-state index is 11.1. The van der Waals surface area contributed by atoms with Crippen molar-refractivity contribution in [1.82, 2.24) is 25.1 Å². The summed E-state index contributed by atoms with van der Waals surface area (Å²) in [5.74, 6) is 0.595. The quantitative estimate of drug-likeness (QED) is 0.420. The molecule has 0 unspecified atom stereocenters. The van der Waals surface area contributed by atoms with E-state index in [0.29, 0.717) is 16.9 Å². The fraction of sp³-hybridized carbons (Fsp3) is 0.263. The minimum Gasteiger partial charge on any atom is -0.369 e. The molecule has 0 saturated carbocycles. The molecule has 142 valence electrons. The number of nitro benzene ring substituents is 1. The van der Waals surface area contributed by atoms with Gasteiger partial charge in [0.25, 0.3) is 5.69 Å². The maximum atomic E-state index is 11.1. The number of aromatic nitrogens is 4. The van der Waals surface area contributed by atoms with Gasteiger partial charge in [-0.2, -0.15) is 5.10 Å². The predicted molar refractivity (Wildman–Crippen MR) is 108 cm³/mol. The predicted octanol–water partition coefficient (Wildman–Crippen LogP) is 2.77. The Balaban J connectivity index is 1.54. The summed E-state index contributed by atoms with van der Waals surface area (Å²) in [6.45, 7) is 4.09. The largest absolute Gasteiger partial charge is 0.369 e. The van der Waals surface area contributed by atoms with E-state index in [9.17, 15) is 10.1 Å². The highest BCUT2D eigenvalue weighted by Crippen LogP contribution is 2.30. The summed E-state index contributed by atoms with van der Waals surface area (Å²) in [6.07, 6.45) is 0. The van der Waals surface area contributed by atoms with Crippen molar-refractivity contribution >= 4 is 33.3 Å². The highest BCUT2D eigenvalue weighted by atomic mass is 16.6. The van der Waals surface area contributed by atoms with E-state index in [1.165, 1.54) is 17.8 Å². The van der Waals surface area contributed by atoms with Crippen LogP contribution in [-0.4, -0.2) is 63.2 Å². The second-order valence-electron chi connectivity index (χ2n) is 7.14. The average Bonchev–Trinajstić information content (AvgIpc) is 3.31. The number of aromatic amines is 2. The van der Waals surface area contributed by atoms with Gasteiger partial charge in [-0.25, -0.2) is 4.98 Å². The average molecular weight is 377 g/mol. The standard InChI is InChI=1S/C19H19N7O2/c1-24-6-8-25(9-7-24)12-2-5-16-17(11-12)21-19(20-16)18-14-10-13(26(27)28)3-4-15(14)22-23-18/h2-5,10-11H,6-9H2,1H3,(H,20,21)(H,22,23). The van der Waals surface area contributed by atoms with Crippen LogP contribution in [0.4, 0.5) is 11.4 Å². The van der Waals surface area contributed by atoms with Crippen molar-refractivity contribution < 1.29 is 4.92 Å². The molecule has 2 N–H and O–H groups in total. The highest BCUT2D eigenvalue weighted by molar-refractivity contribution is 5.94. The van der Waals surface area contributed by atoms with Gasteiger partial charge in [-0.1, -0.05) is 0 Å². The van der Waals surface area contributed by atoms with E-state index >= 15 is 0 Å². The molecule has 1 fully saturated rings. The van der Waals surface area contributed by atoms with Gasteiger partial charge in [0.15, 0.2) is 5.82 Å². The van der Waals surface area contributed by atoms with Crippen molar-refractivity contribution in [3.05, 3.63) is 46.5 Å². The number of piperazine rings is 1. The Bertz CT molecular complexity index is 1190. The molecule has 0 radical (unpaired) electrons. The van der Waals surface area contributed by atoms with Gasteiger partial charge >= 0.3 is 0 Å². The fourth-order valence-electron chi connectivity index (χ4n) is 3.67. The van der Waals surface area contributed by atoms with E-state index in [1.54, 1.807) is 6.07 Å². The zero-order chi connectivity index (χ0) is 19.3. The molecule has 2 aromatic heterocycles. The summed E-state index contributed by atoms with van der Waals surface area (Å²) in [5.41, 5.74) is 4.28. The molecule has 0 spiro atoms. The van der Waals surface area contributed by atoms with E-state index < -0.39 is 4.92 Å². The normalized spacial score (nSPS) is 15.5. The SMILES string of the molecule is CN1CCN(c2ccc3nc(-c4n[nH]c5ccc([N+](=O)[O-])cc45)[nH]c3c2)CC1. The molecule has 0 bridgehead atoms. The van der Waals surface area contributed by atoms with Crippen LogP contribution in [0.2, 0.25) is 0 Å². The second-order valence-corrected chi connectivity index (χ2v) is 7.14.